The molecule has 0 saturated heterocycles. The zero-order valence-electron chi connectivity index (χ0n) is 12.2. The topological polar surface area (TPSA) is 58.0 Å². The predicted molar refractivity (Wildman–Crippen MR) is 92.6 cm³/mol. The minimum absolute atomic E-state index is 0.527. The Morgan fingerprint density at radius 1 is 0.652 bits per heavy atom. The van der Waals surface area contributed by atoms with Crippen LogP contribution in [0.2, 0.25) is 0 Å². The van der Waals surface area contributed by atoms with E-state index < -0.39 is 0 Å². The summed E-state index contributed by atoms with van der Waals surface area (Å²) in [5.74, 6) is 1.05. The standard InChI is InChI=1S/C18H14N4O/c1-3-7-15-13(5-1)9-19-11-17(21-15)23-18-12-20-10-14-6-2-4-8-16(14)22-18/h1-12,21-22H. The van der Waals surface area contributed by atoms with Gasteiger partial charge in [0.1, 0.15) is 0 Å². The van der Waals surface area contributed by atoms with E-state index >= 15 is 0 Å². The second-order valence-electron chi connectivity index (χ2n) is 5.07. The van der Waals surface area contributed by atoms with Gasteiger partial charge < -0.3 is 15.4 Å². The highest BCUT2D eigenvalue weighted by molar-refractivity contribution is 5.90. The molecule has 0 aromatic heterocycles. The summed E-state index contributed by atoms with van der Waals surface area (Å²) in [6.45, 7) is 0. The van der Waals surface area contributed by atoms with Gasteiger partial charge >= 0.3 is 0 Å². The maximum atomic E-state index is 5.88. The number of nitrogens with zero attached hydrogens (tertiary/aromatic N) is 2. The Labute approximate surface area is 133 Å². The smallest absolute Gasteiger partial charge is 0.218 e. The Morgan fingerprint density at radius 3 is 1.65 bits per heavy atom. The number of ether oxygens (including phenoxy) is 1. The molecule has 2 heterocycles. The van der Waals surface area contributed by atoms with Crippen LogP contribution >= 0.6 is 0 Å². The second-order valence-corrected chi connectivity index (χ2v) is 5.07. The fourth-order valence-corrected chi connectivity index (χ4v) is 2.37. The van der Waals surface area contributed by atoms with Crippen molar-refractivity contribution < 1.29 is 4.74 Å². The minimum Gasteiger partial charge on any atom is -0.421 e. The lowest BCUT2D eigenvalue weighted by atomic mass is 10.2. The number of benzene rings is 2. The first-order valence-corrected chi connectivity index (χ1v) is 7.25. The van der Waals surface area contributed by atoms with Crippen molar-refractivity contribution in [3.05, 3.63) is 83.8 Å². The molecule has 5 heteroatoms. The fraction of sp³-hybridized carbons (Fsp3) is 0. The molecule has 2 aromatic carbocycles. The van der Waals surface area contributed by atoms with Gasteiger partial charge in [-0.15, -0.1) is 0 Å². The van der Waals surface area contributed by atoms with Crippen LogP contribution in [0.25, 0.3) is 0 Å². The first kappa shape index (κ1) is 13.3. The second kappa shape index (κ2) is 5.81. The van der Waals surface area contributed by atoms with Crippen molar-refractivity contribution in [3.8, 4) is 0 Å². The molecule has 0 fully saturated rings. The molecule has 0 unspecified atom stereocenters. The zero-order valence-corrected chi connectivity index (χ0v) is 12.2. The van der Waals surface area contributed by atoms with Crippen molar-refractivity contribution in [3.63, 3.8) is 0 Å². The molecule has 0 radical (unpaired) electrons. The molecule has 0 bridgehead atoms. The van der Waals surface area contributed by atoms with Crippen LogP contribution in [0.3, 0.4) is 0 Å². The van der Waals surface area contributed by atoms with Gasteiger partial charge in [0.25, 0.3) is 0 Å². The van der Waals surface area contributed by atoms with Gasteiger partial charge in [-0.25, -0.2) is 0 Å². The van der Waals surface area contributed by atoms with E-state index in [-0.39, 0.29) is 0 Å². The Morgan fingerprint density at radius 2 is 1.13 bits per heavy atom. The summed E-state index contributed by atoms with van der Waals surface area (Å²) in [5.41, 5.74) is 3.90. The normalized spacial score (nSPS) is 15.0. The molecule has 112 valence electrons. The third-order valence-corrected chi connectivity index (χ3v) is 3.47. The van der Waals surface area contributed by atoms with Crippen molar-refractivity contribution in [2.45, 2.75) is 0 Å². The molecule has 0 saturated carbocycles. The van der Waals surface area contributed by atoms with Crippen LogP contribution in [0.15, 0.2) is 82.7 Å². The van der Waals surface area contributed by atoms with Gasteiger partial charge in [0.2, 0.25) is 11.8 Å². The van der Waals surface area contributed by atoms with E-state index in [1.807, 2.05) is 48.5 Å². The molecular weight excluding hydrogens is 288 g/mol. The Balaban J connectivity index is 1.56. The lowest BCUT2D eigenvalue weighted by Gasteiger charge is -2.15. The van der Waals surface area contributed by atoms with Gasteiger partial charge in [0, 0.05) is 34.9 Å². The lowest BCUT2D eigenvalue weighted by molar-refractivity contribution is 0.315. The maximum absolute atomic E-state index is 5.88. The van der Waals surface area contributed by atoms with Gasteiger partial charge in [-0.2, -0.15) is 0 Å². The molecule has 0 amide bonds. The molecule has 0 aliphatic carbocycles. The van der Waals surface area contributed by atoms with Crippen LogP contribution in [0.5, 0.6) is 0 Å². The average molecular weight is 302 g/mol. The van der Waals surface area contributed by atoms with Crippen molar-refractivity contribution in [1.29, 1.82) is 0 Å². The van der Waals surface area contributed by atoms with Crippen molar-refractivity contribution in [2.75, 3.05) is 10.6 Å². The van der Waals surface area contributed by atoms with E-state index in [1.54, 1.807) is 24.8 Å². The third kappa shape index (κ3) is 2.85. The number of fused-ring (bicyclic) bond motifs is 2. The minimum atomic E-state index is 0.527. The number of para-hydroxylation sites is 2. The average Bonchev–Trinajstić information content (AvgIpc) is 2.90. The highest BCUT2D eigenvalue weighted by atomic mass is 16.5. The molecule has 2 aliphatic heterocycles. The number of nitrogens with one attached hydrogen (secondary N) is 2. The van der Waals surface area contributed by atoms with Crippen molar-refractivity contribution in [1.82, 2.24) is 0 Å². The summed E-state index contributed by atoms with van der Waals surface area (Å²) < 4.78 is 5.88. The summed E-state index contributed by atoms with van der Waals surface area (Å²) >= 11 is 0. The number of aliphatic imine (C=N–C) groups is 2. The van der Waals surface area contributed by atoms with Crippen LogP contribution < -0.4 is 10.6 Å². The maximum Gasteiger partial charge on any atom is 0.218 e. The largest absolute Gasteiger partial charge is 0.421 e. The van der Waals surface area contributed by atoms with Crippen LogP contribution in [-0.2, 0) is 4.74 Å². The van der Waals surface area contributed by atoms with Gasteiger partial charge in [0.15, 0.2) is 0 Å². The molecule has 2 N–H and O–H groups in total. The Bertz CT molecular complexity index is 793. The van der Waals surface area contributed by atoms with Crippen LogP contribution in [0.1, 0.15) is 11.1 Å². The van der Waals surface area contributed by atoms with Gasteiger partial charge in [-0.3, -0.25) is 9.98 Å². The van der Waals surface area contributed by atoms with Gasteiger partial charge in [0.05, 0.1) is 12.4 Å². The monoisotopic (exact) mass is 302 g/mol. The highest BCUT2D eigenvalue weighted by Crippen LogP contribution is 2.23. The molecule has 2 aromatic rings. The van der Waals surface area contributed by atoms with Gasteiger partial charge in [-0.05, 0) is 12.1 Å². The van der Waals surface area contributed by atoms with Gasteiger partial charge in [-0.1, -0.05) is 36.4 Å². The summed E-state index contributed by atoms with van der Waals surface area (Å²) in [6, 6.07) is 15.8. The third-order valence-electron chi connectivity index (χ3n) is 3.47. The number of hydrogen-bond donors (Lipinski definition) is 2. The quantitative estimate of drug-likeness (QED) is 0.889. The molecule has 0 spiro atoms. The number of anilines is 2. The molecular formula is C18H14N4O. The summed E-state index contributed by atoms with van der Waals surface area (Å²) in [4.78, 5) is 8.52. The summed E-state index contributed by atoms with van der Waals surface area (Å²) in [5, 5.41) is 6.46. The molecule has 23 heavy (non-hydrogen) atoms. The SMILES string of the molecule is C1=NC=C(OC2=CN=Cc3ccccc3N2)Nc2ccccc21. The van der Waals surface area contributed by atoms with E-state index in [9.17, 15) is 0 Å². The van der Waals surface area contributed by atoms with Crippen molar-refractivity contribution in [2.24, 2.45) is 9.98 Å². The van der Waals surface area contributed by atoms with E-state index in [0.717, 1.165) is 22.5 Å². The van der Waals surface area contributed by atoms with E-state index in [1.165, 1.54) is 0 Å². The Hall–Kier alpha value is -3.34. The predicted octanol–water partition coefficient (Wildman–Crippen LogP) is 3.69. The van der Waals surface area contributed by atoms with E-state index in [0.29, 0.717) is 11.8 Å². The molecule has 5 nitrogen and oxygen atoms in total. The zero-order chi connectivity index (χ0) is 15.5. The number of rotatable bonds is 2. The highest BCUT2D eigenvalue weighted by Gasteiger charge is 2.11. The van der Waals surface area contributed by atoms with Crippen molar-refractivity contribution >= 4 is 23.8 Å². The Kier molecular flexibility index (Phi) is 3.37. The molecule has 2 aliphatic rings. The van der Waals surface area contributed by atoms with E-state index in [4.69, 9.17) is 4.74 Å². The molecule has 0 atom stereocenters. The summed E-state index contributed by atoms with van der Waals surface area (Å²) in [7, 11) is 0. The number of hydrogen-bond acceptors (Lipinski definition) is 5. The molecule has 4 rings (SSSR count). The van der Waals surface area contributed by atoms with Crippen LogP contribution in [0.4, 0.5) is 11.4 Å². The lowest BCUT2D eigenvalue weighted by Crippen LogP contribution is -2.09. The first-order chi connectivity index (χ1) is 11.4. The van der Waals surface area contributed by atoms with Crippen LogP contribution in [0, 0.1) is 0 Å². The first-order valence-electron chi connectivity index (χ1n) is 7.25. The fourth-order valence-electron chi connectivity index (χ4n) is 2.37. The van der Waals surface area contributed by atoms with Crippen LogP contribution in [-0.4, -0.2) is 12.4 Å². The summed E-state index contributed by atoms with van der Waals surface area (Å²) in [6.07, 6.45) is 6.87. The van der Waals surface area contributed by atoms with E-state index in [2.05, 4.69) is 20.6 Å².